The lowest BCUT2D eigenvalue weighted by molar-refractivity contribution is 0.0759. The topological polar surface area (TPSA) is 63.1 Å². The molecule has 6 nitrogen and oxygen atoms in total. The molecule has 0 saturated carbocycles. The van der Waals surface area contributed by atoms with Crippen LogP contribution in [0.3, 0.4) is 0 Å². The molecular weight excluding hydrogens is 356 g/mol. The number of hydrogen-bond donors (Lipinski definition) is 1. The van der Waals surface area contributed by atoms with E-state index in [2.05, 4.69) is 15.6 Å². The lowest BCUT2D eigenvalue weighted by Crippen LogP contribution is -2.34. The molecule has 0 atom stereocenters. The van der Waals surface area contributed by atoms with Crippen molar-refractivity contribution in [3.63, 3.8) is 0 Å². The molecule has 9 heteroatoms. The zero-order valence-corrected chi connectivity index (χ0v) is 14.7. The maximum Gasteiger partial charge on any atom is 0.276 e. The van der Waals surface area contributed by atoms with E-state index >= 15 is 0 Å². The summed E-state index contributed by atoms with van der Waals surface area (Å²) in [5.74, 6) is -0.632. The Morgan fingerprint density at radius 3 is 2.88 bits per heavy atom. The van der Waals surface area contributed by atoms with Crippen LogP contribution < -0.4 is 5.32 Å². The van der Waals surface area contributed by atoms with Gasteiger partial charge in [0.05, 0.1) is 16.4 Å². The Morgan fingerprint density at radius 1 is 1.33 bits per heavy atom. The van der Waals surface area contributed by atoms with Crippen LogP contribution in [0.15, 0.2) is 18.2 Å². The first-order valence-corrected chi connectivity index (χ1v) is 7.83. The Kier molecular flexibility index (Phi) is 6.15. The van der Waals surface area contributed by atoms with Crippen molar-refractivity contribution in [2.45, 2.75) is 13.3 Å². The molecule has 130 valence electrons. The van der Waals surface area contributed by atoms with Crippen molar-refractivity contribution >= 4 is 29.9 Å². The monoisotopic (exact) mass is 373 g/mol. The van der Waals surface area contributed by atoms with E-state index in [4.69, 9.17) is 11.6 Å². The first-order valence-electron chi connectivity index (χ1n) is 7.45. The molecule has 2 heterocycles. The van der Waals surface area contributed by atoms with Gasteiger partial charge in [-0.3, -0.25) is 4.79 Å². The minimum Gasteiger partial charge on any atom is -0.336 e. The zero-order chi connectivity index (χ0) is 16.4. The van der Waals surface area contributed by atoms with Gasteiger partial charge in [0.25, 0.3) is 5.91 Å². The van der Waals surface area contributed by atoms with Crippen molar-refractivity contribution in [2.75, 3.05) is 26.2 Å². The van der Waals surface area contributed by atoms with Gasteiger partial charge in [0.2, 0.25) is 0 Å². The van der Waals surface area contributed by atoms with Gasteiger partial charge in [0, 0.05) is 19.6 Å². The van der Waals surface area contributed by atoms with Crippen molar-refractivity contribution in [2.24, 2.45) is 0 Å². The summed E-state index contributed by atoms with van der Waals surface area (Å²) in [6.07, 6.45) is 0.909. The second kappa shape index (κ2) is 7.92. The van der Waals surface area contributed by atoms with Crippen LogP contribution in [-0.2, 0) is 0 Å². The second-order valence-corrected chi connectivity index (χ2v) is 5.84. The number of benzene rings is 1. The molecule has 24 heavy (non-hydrogen) atoms. The molecule has 1 aromatic heterocycles. The molecule has 1 aromatic carbocycles. The number of amides is 1. The second-order valence-electron chi connectivity index (χ2n) is 5.43. The van der Waals surface area contributed by atoms with E-state index in [0.717, 1.165) is 19.5 Å². The highest BCUT2D eigenvalue weighted by molar-refractivity contribution is 6.30. The van der Waals surface area contributed by atoms with Gasteiger partial charge < -0.3 is 10.2 Å². The summed E-state index contributed by atoms with van der Waals surface area (Å²) in [6.45, 7) is 4.78. The average molecular weight is 374 g/mol. The quantitative estimate of drug-likeness (QED) is 0.876. The normalized spacial score (nSPS) is 14.9. The summed E-state index contributed by atoms with van der Waals surface area (Å²) in [5, 5.41) is 11.3. The predicted octanol–water partition coefficient (Wildman–Crippen LogP) is 2.23. The fourth-order valence-electron chi connectivity index (χ4n) is 2.59. The number of halogens is 3. The van der Waals surface area contributed by atoms with Crippen LogP contribution >= 0.6 is 24.0 Å². The number of carbonyl (C=O) groups is 1. The van der Waals surface area contributed by atoms with E-state index in [1.807, 2.05) is 0 Å². The molecule has 0 bridgehead atoms. The molecule has 0 spiro atoms. The third kappa shape index (κ3) is 3.68. The Bertz CT molecular complexity index is 729. The fourth-order valence-corrected chi connectivity index (χ4v) is 2.76. The third-order valence-electron chi connectivity index (χ3n) is 3.87. The number of carbonyl (C=O) groups excluding carboxylic acids is 1. The molecule has 0 aliphatic carbocycles. The first-order chi connectivity index (χ1) is 11.1. The minimum absolute atomic E-state index is 0. The first kappa shape index (κ1) is 18.6. The highest BCUT2D eigenvalue weighted by Crippen LogP contribution is 2.20. The average Bonchev–Trinajstić information content (AvgIpc) is 2.76. The largest absolute Gasteiger partial charge is 0.336 e. The molecule has 1 saturated heterocycles. The van der Waals surface area contributed by atoms with Crippen LogP contribution in [0.2, 0.25) is 5.02 Å². The van der Waals surface area contributed by atoms with Crippen LogP contribution in [-0.4, -0.2) is 52.0 Å². The molecule has 0 unspecified atom stereocenters. The molecule has 1 N–H and O–H groups in total. The molecule has 1 amide bonds. The van der Waals surface area contributed by atoms with E-state index < -0.39 is 5.82 Å². The highest BCUT2D eigenvalue weighted by atomic mass is 35.5. The molecular formula is C15H18Cl2FN5O. The van der Waals surface area contributed by atoms with Crippen LogP contribution in [0.5, 0.6) is 0 Å². The summed E-state index contributed by atoms with van der Waals surface area (Å²) >= 11 is 5.81. The number of nitrogens with one attached hydrogen (secondary N) is 1. The van der Waals surface area contributed by atoms with E-state index in [1.165, 1.54) is 16.8 Å². The van der Waals surface area contributed by atoms with Crippen molar-refractivity contribution in [3.05, 3.63) is 40.4 Å². The minimum atomic E-state index is -0.499. The number of nitrogens with zero attached hydrogens (tertiary/aromatic N) is 4. The third-order valence-corrected chi connectivity index (χ3v) is 4.16. The summed E-state index contributed by atoms with van der Waals surface area (Å²) < 4.78 is 14.8. The maximum absolute atomic E-state index is 13.3. The van der Waals surface area contributed by atoms with Crippen LogP contribution in [0.1, 0.15) is 22.6 Å². The van der Waals surface area contributed by atoms with Gasteiger partial charge >= 0.3 is 0 Å². The van der Waals surface area contributed by atoms with Gasteiger partial charge in [0.1, 0.15) is 5.82 Å². The lowest BCUT2D eigenvalue weighted by Gasteiger charge is -2.18. The predicted molar refractivity (Wildman–Crippen MR) is 91.7 cm³/mol. The Hall–Kier alpha value is -1.70. The molecule has 1 fully saturated rings. The number of hydrogen-bond acceptors (Lipinski definition) is 4. The van der Waals surface area contributed by atoms with E-state index in [-0.39, 0.29) is 23.3 Å². The van der Waals surface area contributed by atoms with E-state index in [9.17, 15) is 9.18 Å². The maximum atomic E-state index is 13.3. The molecule has 3 rings (SSSR count). The standard InChI is InChI=1S/C15H17ClFN5O.ClH/c1-10-14(15(23)21-7-2-5-18-6-8-21)19-20-22(10)11-3-4-13(17)12(16)9-11;/h3-4,9,18H,2,5-8H2,1H3;1H. The molecule has 0 radical (unpaired) electrons. The van der Waals surface area contributed by atoms with Crippen LogP contribution in [0.25, 0.3) is 5.69 Å². The summed E-state index contributed by atoms with van der Waals surface area (Å²) in [6, 6.07) is 4.27. The van der Waals surface area contributed by atoms with Gasteiger partial charge in [-0.25, -0.2) is 9.07 Å². The zero-order valence-electron chi connectivity index (χ0n) is 13.1. The van der Waals surface area contributed by atoms with Crippen LogP contribution in [0, 0.1) is 12.7 Å². The van der Waals surface area contributed by atoms with Gasteiger partial charge in [-0.15, -0.1) is 17.5 Å². The van der Waals surface area contributed by atoms with Gasteiger partial charge in [-0.1, -0.05) is 16.8 Å². The molecule has 2 aromatic rings. The highest BCUT2D eigenvalue weighted by Gasteiger charge is 2.23. The van der Waals surface area contributed by atoms with E-state index in [0.29, 0.717) is 30.2 Å². The number of rotatable bonds is 2. The van der Waals surface area contributed by atoms with Crippen molar-refractivity contribution < 1.29 is 9.18 Å². The number of aromatic nitrogens is 3. The SMILES string of the molecule is Cc1c(C(=O)N2CCCNCC2)nnn1-c1ccc(F)c(Cl)c1.Cl. The Morgan fingerprint density at radius 2 is 2.12 bits per heavy atom. The summed E-state index contributed by atoms with van der Waals surface area (Å²) in [4.78, 5) is 14.4. The smallest absolute Gasteiger partial charge is 0.276 e. The summed E-state index contributed by atoms with van der Waals surface area (Å²) in [5.41, 5.74) is 1.49. The van der Waals surface area contributed by atoms with Crippen molar-refractivity contribution in [1.29, 1.82) is 0 Å². The Labute approximate surface area is 150 Å². The van der Waals surface area contributed by atoms with Gasteiger partial charge in [-0.05, 0) is 38.1 Å². The van der Waals surface area contributed by atoms with Gasteiger partial charge in [0.15, 0.2) is 5.69 Å². The van der Waals surface area contributed by atoms with E-state index in [1.54, 1.807) is 17.9 Å². The molecule has 1 aliphatic rings. The molecule has 1 aliphatic heterocycles. The Balaban J connectivity index is 0.00000208. The lowest BCUT2D eigenvalue weighted by atomic mass is 10.2. The van der Waals surface area contributed by atoms with Crippen LogP contribution in [0.4, 0.5) is 4.39 Å². The van der Waals surface area contributed by atoms with Gasteiger partial charge in [-0.2, -0.15) is 0 Å². The fraction of sp³-hybridized carbons (Fsp3) is 0.400. The van der Waals surface area contributed by atoms with Crippen molar-refractivity contribution in [1.82, 2.24) is 25.2 Å². The van der Waals surface area contributed by atoms with Crippen molar-refractivity contribution in [3.8, 4) is 5.69 Å². The summed E-state index contributed by atoms with van der Waals surface area (Å²) in [7, 11) is 0.